The Labute approximate surface area is 141 Å². The van der Waals surface area contributed by atoms with Crippen LogP contribution in [0.2, 0.25) is 0 Å². The summed E-state index contributed by atoms with van der Waals surface area (Å²) in [6.45, 7) is 0.806. The molecule has 6 nitrogen and oxygen atoms in total. The number of carbonyl (C=O) groups excluding carboxylic acids is 1. The van der Waals surface area contributed by atoms with E-state index in [9.17, 15) is 4.79 Å². The van der Waals surface area contributed by atoms with Crippen LogP contribution in [0.4, 0.5) is 16.2 Å². The van der Waals surface area contributed by atoms with Gasteiger partial charge in [-0.3, -0.25) is 0 Å². The minimum absolute atomic E-state index is 0.218. The van der Waals surface area contributed by atoms with E-state index >= 15 is 0 Å². The average molecular weight is 327 g/mol. The van der Waals surface area contributed by atoms with E-state index in [-0.39, 0.29) is 12.8 Å². The van der Waals surface area contributed by atoms with Crippen molar-refractivity contribution in [2.75, 3.05) is 37.6 Å². The Hall–Kier alpha value is -2.89. The molecule has 24 heavy (non-hydrogen) atoms. The summed E-state index contributed by atoms with van der Waals surface area (Å²) in [4.78, 5) is 14.0. The van der Waals surface area contributed by atoms with Crippen molar-refractivity contribution in [3.63, 3.8) is 0 Å². The van der Waals surface area contributed by atoms with Gasteiger partial charge in [0.05, 0.1) is 11.4 Å². The summed E-state index contributed by atoms with van der Waals surface area (Å²) in [7, 11) is 3.89. The van der Waals surface area contributed by atoms with Crippen LogP contribution in [0.5, 0.6) is 11.5 Å². The number of anilines is 2. The number of rotatable bonds is 5. The van der Waals surface area contributed by atoms with Gasteiger partial charge in [0.1, 0.15) is 0 Å². The van der Waals surface area contributed by atoms with E-state index in [2.05, 4.69) is 10.6 Å². The molecule has 0 saturated carbocycles. The zero-order valence-electron chi connectivity index (χ0n) is 13.8. The van der Waals surface area contributed by atoms with E-state index in [0.29, 0.717) is 6.54 Å². The minimum Gasteiger partial charge on any atom is -0.454 e. The molecular formula is C18H21N3O3. The molecule has 3 rings (SSSR count). The number of hydrogen-bond donors (Lipinski definition) is 2. The van der Waals surface area contributed by atoms with Crippen LogP contribution in [0.3, 0.4) is 0 Å². The SMILES string of the molecule is CN(C)c1ccccc1NC(=O)NCCc1ccc2c(c1)OCO2. The van der Waals surface area contributed by atoms with Gasteiger partial charge in [-0.15, -0.1) is 0 Å². The quantitative estimate of drug-likeness (QED) is 0.886. The molecule has 126 valence electrons. The maximum atomic E-state index is 12.1. The Morgan fingerprint density at radius 1 is 1.12 bits per heavy atom. The van der Waals surface area contributed by atoms with Gasteiger partial charge in [-0.05, 0) is 36.2 Å². The summed E-state index contributed by atoms with van der Waals surface area (Å²) in [6.07, 6.45) is 0.722. The van der Waals surface area contributed by atoms with Gasteiger partial charge < -0.3 is 25.0 Å². The minimum atomic E-state index is -0.218. The molecule has 0 aromatic heterocycles. The van der Waals surface area contributed by atoms with Crippen molar-refractivity contribution >= 4 is 17.4 Å². The number of fused-ring (bicyclic) bond motifs is 1. The molecule has 0 bridgehead atoms. The molecule has 0 spiro atoms. The summed E-state index contributed by atoms with van der Waals surface area (Å²) in [5, 5.41) is 5.76. The van der Waals surface area contributed by atoms with Crippen molar-refractivity contribution < 1.29 is 14.3 Å². The summed E-state index contributed by atoms with van der Waals surface area (Å²) < 4.78 is 10.6. The van der Waals surface area contributed by atoms with Crippen molar-refractivity contribution in [2.45, 2.75) is 6.42 Å². The molecular weight excluding hydrogens is 306 g/mol. The van der Waals surface area contributed by atoms with Crippen LogP contribution in [0.1, 0.15) is 5.56 Å². The van der Waals surface area contributed by atoms with Gasteiger partial charge in [-0.2, -0.15) is 0 Å². The fourth-order valence-electron chi connectivity index (χ4n) is 2.55. The molecule has 1 aliphatic heterocycles. The number of benzene rings is 2. The summed E-state index contributed by atoms with van der Waals surface area (Å²) >= 11 is 0. The Bertz CT molecular complexity index is 731. The van der Waals surface area contributed by atoms with Gasteiger partial charge >= 0.3 is 6.03 Å². The van der Waals surface area contributed by atoms with Crippen LogP contribution in [-0.4, -0.2) is 33.5 Å². The Morgan fingerprint density at radius 2 is 1.92 bits per heavy atom. The van der Waals surface area contributed by atoms with Gasteiger partial charge in [-0.1, -0.05) is 18.2 Å². The highest BCUT2D eigenvalue weighted by Crippen LogP contribution is 2.32. The lowest BCUT2D eigenvalue weighted by atomic mass is 10.1. The second kappa shape index (κ2) is 7.12. The van der Waals surface area contributed by atoms with Crippen molar-refractivity contribution in [1.82, 2.24) is 5.32 Å². The Kier molecular flexibility index (Phi) is 4.74. The molecule has 1 heterocycles. The molecule has 0 radical (unpaired) electrons. The maximum absolute atomic E-state index is 12.1. The topological polar surface area (TPSA) is 62.8 Å². The molecule has 1 aliphatic rings. The number of amides is 2. The number of hydrogen-bond acceptors (Lipinski definition) is 4. The van der Waals surface area contributed by atoms with E-state index < -0.39 is 0 Å². The summed E-state index contributed by atoms with van der Waals surface area (Å²) in [5.74, 6) is 1.53. The van der Waals surface area contributed by atoms with Crippen molar-refractivity contribution in [2.24, 2.45) is 0 Å². The molecule has 2 N–H and O–H groups in total. The number of nitrogens with one attached hydrogen (secondary N) is 2. The molecule has 6 heteroatoms. The first kappa shape index (κ1) is 16.0. The highest BCUT2D eigenvalue weighted by molar-refractivity contribution is 5.93. The normalized spacial score (nSPS) is 11.9. The number of urea groups is 1. The molecule has 0 aliphatic carbocycles. The number of para-hydroxylation sites is 2. The fraction of sp³-hybridized carbons (Fsp3) is 0.278. The third-order valence-corrected chi connectivity index (χ3v) is 3.77. The van der Waals surface area contributed by atoms with Crippen LogP contribution in [0.15, 0.2) is 42.5 Å². The van der Waals surface area contributed by atoms with E-state index in [1.54, 1.807) is 0 Å². The zero-order chi connectivity index (χ0) is 16.9. The molecule has 0 saturated heterocycles. The lowest BCUT2D eigenvalue weighted by Gasteiger charge is -2.17. The van der Waals surface area contributed by atoms with Crippen LogP contribution in [0, 0.1) is 0 Å². The predicted octanol–water partition coefficient (Wildman–Crippen LogP) is 2.85. The largest absolute Gasteiger partial charge is 0.454 e. The second-order valence-corrected chi connectivity index (χ2v) is 5.73. The summed E-state index contributed by atoms with van der Waals surface area (Å²) in [6, 6.07) is 13.3. The van der Waals surface area contributed by atoms with Gasteiger partial charge in [0.2, 0.25) is 6.79 Å². The first-order chi connectivity index (χ1) is 11.6. The van der Waals surface area contributed by atoms with E-state index in [0.717, 1.165) is 34.9 Å². The van der Waals surface area contributed by atoms with Crippen molar-refractivity contribution in [1.29, 1.82) is 0 Å². The van der Waals surface area contributed by atoms with E-state index in [1.807, 2.05) is 61.5 Å². The highest BCUT2D eigenvalue weighted by atomic mass is 16.7. The number of carbonyl (C=O) groups is 1. The fourth-order valence-corrected chi connectivity index (χ4v) is 2.55. The van der Waals surface area contributed by atoms with Crippen LogP contribution in [0.25, 0.3) is 0 Å². The standard InChI is InChI=1S/C18H21N3O3/c1-21(2)15-6-4-3-5-14(15)20-18(22)19-10-9-13-7-8-16-17(11-13)24-12-23-16/h3-8,11H,9-10,12H2,1-2H3,(H2,19,20,22). The zero-order valence-corrected chi connectivity index (χ0v) is 13.8. The summed E-state index contributed by atoms with van der Waals surface area (Å²) in [5.41, 5.74) is 2.83. The van der Waals surface area contributed by atoms with Crippen molar-refractivity contribution in [3.8, 4) is 11.5 Å². The monoisotopic (exact) mass is 327 g/mol. The van der Waals surface area contributed by atoms with E-state index in [1.165, 1.54) is 0 Å². The number of nitrogens with zero attached hydrogens (tertiary/aromatic N) is 1. The molecule has 2 aromatic carbocycles. The third kappa shape index (κ3) is 3.71. The van der Waals surface area contributed by atoms with Gasteiger partial charge in [-0.25, -0.2) is 4.79 Å². The second-order valence-electron chi connectivity index (χ2n) is 5.73. The maximum Gasteiger partial charge on any atom is 0.319 e. The van der Waals surface area contributed by atoms with Crippen LogP contribution in [-0.2, 0) is 6.42 Å². The molecule has 0 unspecified atom stereocenters. The smallest absolute Gasteiger partial charge is 0.319 e. The Balaban J connectivity index is 1.51. The van der Waals surface area contributed by atoms with Crippen LogP contribution < -0.4 is 25.0 Å². The van der Waals surface area contributed by atoms with E-state index in [4.69, 9.17) is 9.47 Å². The molecule has 2 aromatic rings. The average Bonchev–Trinajstić information content (AvgIpc) is 3.03. The number of ether oxygens (including phenoxy) is 2. The molecule has 2 amide bonds. The first-order valence-corrected chi connectivity index (χ1v) is 7.83. The molecule has 0 fully saturated rings. The predicted molar refractivity (Wildman–Crippen MR) is 94.1 cm³/mol. The van der Waals surface area contributed by atoms with Gasteiger partial charge in [0.15, 0.2) is 11.5 Å². The highest BCUT2D eigenvalue weighted by Gasteiger charge is 2.13. The third-order valence-electron chi connectivity index (χ3n) is 3.77. The van der Waals surface area contributed by atoms with Gasteiger partial charge in [0.25, 0.3) is 0 Å². The van der Waals surface area contributed by atoms with Crippen molar-refractivity contribution in [3.05, 3.63) is 48.0 Å². The van der Waals surface area contributed by atoms with Gasteiger partial charge in [0, 0.05) is 20.6 Å². The molecule has 0 atom stereocenters. The lowest BCUT2D eigenvalue weighted by Crippen LogP contribution is -2.31. The lowest BCUT2D eigenvalue weighted by molar-refractivity contribution is 0.174. The Morgan fingerprint density at radius 3 is 2.75 bits per heavy atom. The first-order valence-electron chi connectivity index (χ1n) is 7.83. The van der Waals surface area contributed by atoms with Crippen LogP contribution >= 0.6 is 0 Å².